The predicted octanol–water partition coefficient (Wildman–Crippen LogP) is 6.12. The zero-order valence-electron chi connectivity index (χ0n) is 15.7. The lowest BCUT2D eigenvalue weighted by Gasteiger charge is -2.12. The molecular weight excluding hydrogens is 398 g/mol. The molecule has 1 amide bonds. The summed E-state index contributed by atoms with van der Waals surface area (Å²) in [5.74, 6) is -0.194. The van der Waals surface area contributed by atoms with E-state index in [0.29, 0.717) is 22.5 Å². The van der Waals surface area contributed by atoms with E-state index in [1.807, 2.05) is 48.7 Å². The van der Waals surface area contributed by atoms with Gasteiger partial charge in [-0.2, -0.15) is 0 Å². The molecule has 0 bridgehead atoms. The summed E-state index contributed by atoms with van der Waals surface area (Å²) in [7, 11) is 0. The second-order valence-electron chi connectivity index (χ2n) is 6.50. The van der Waals surface area contributed by atoms with Crippen LogP contribution in [0.2, 0.25) is 0 Å². The van der Waals surface area contributed by atoms with Gasteiger partial charge in [0.1, 0.15) is 0 Å². The van der Waals surface area contributed by atoms with E-state index >= 15 is 0 Å². The molecule has 0 aliphatic carbocycles. The van der Waals surface area contributed by atoms with Gasteiger partial charge < -0.3 is 16.5 Å². The Morgan fingerprint density at radius 2 is 1.86 bits per heavy atom. The van der Waals surface area contributed by atoms with E-state index in [0.717, 1.165) is 20.7 Å². The number of nitrogens with one attached hydrogen (secondary N) is 2. The van der Waals surface area contributed by atoms with Crippen molar-refractivity contribution in [3.8, 4) is 10.4 Å². The summed E-state index contributed by atoms with van der Waals surface area (Å²) in [5.41, 5.74) is 9.46. The Bertz CT molecular complexity index is 1180. The van der Waals surface area contributed by atoms with E-state index in [1.54, 1.807) is 29.2 Å². The van der Waals surface area contributed by atoms with E-state index in [1.165, 1.54) is 10.9 Å². The van der Waals surface area contributed by atoms with Gasteiger partial charge in [-0.15, -0.1) is 23.1 Å². The van der Waals surface area contributed by atoms with Crippen LogP contribution in [-0.2, 0) is 0 Å². The number of thiophene rings is 1. The number of thioether (sulfide) groups is 1. The van der Waals surface area contributed by atoms with Gasteiger partial charge in [0, 0.05) is 48.8 Å². The maximum Gasteiger partial charge on any atom is 0.255 e. The van der Waals surface area contributed by atoms with E-state index in [2.05, 4.69) is 23.5 Å². The third-order valence-electron chi connectivity index (χ3n) is 4.67. The molecule has 144 valence electrons. The zero-order chi connectivity index (χ0) is 20.4. The predicted molar refractivity (Wildman–Crippen MR) is 126 cm³/mol. The number of amides is 1. The number of rotatable bonds is 5. The molecular formula is C23H19N3OS2. The summed E-state index contributed by atoms with van der Waals surface area (Å²) in [6, 6.07) is 21.3. The fourth-order valence-corrected chi connectivity index (χ4v) is 4.63. The van der Waals surface area contributed by atoms with Crippen molar-refractivity contribution in [2.24, 2.45) is 0 Å². The monoisotopic (exact) mass is 417 g/mol. The molecule has 0 unspecified atom stereocenters. The van der Waals surface area contributed by atoms with Crippen molar-refractivity contribution >= 4 is 56.7 Å². The third-order valence-corrected chi connectivity index (χ3v) is 6.56. The minimum Gasteiger partial charge on any atom is -0.398 e. The molecule has 4 aromatic rings. The van der Waals surface area contributed by atoms with Crippen LogP contribution in [0.1, 0.15) is 15.9 Å². The van der Waals surface area contributed by atoms with E-state index in [9.17, 15) is 4.79 Å². The van der Waals surface area contributed by atoms with Gasteiger partial charge in [0.05, 0.1) is 0 Å². The molecule has 1 heterocycles. The standard InChI is InChI=1S/C23H19N3OS2/c1-28-18-8-6-14(7-9-18)23(27)26-17-10-16(13-24)22(25)19(12-17)21-11-15-4-2-3-5-20(15)29-21/h2-13,24H,25H2,1H3,(H,26,27). The van der Waals surface area contributed by atoms with E-state index < -0.39 is 0 Å². The SMILES string of the molecule is CSc1ccc(C(=O)Nc2cc(C=N)c(N)c(-c3cc4ccccc4s3)c2)cc1. The number of hydrogen-bond acceptors (Lipinski definition) is 5. The van der Waals surface area contributed by atoms with Crippen LogP contribution in [0.5, 0.6) is 0 Å². The van der Waals surface area contributed by atoms with Crippen LogP contribution in [0.15, 0.2) is 71.6 Å². The molecule has 0 radical (unpaired) electrons. The smallest absolute Gasteiger partial charge is 0.255 e. The molecule has 0 spiro atoms. The van der Waals surface area contributed by atoms with Crippen molar-refractivity contribution in [2.75, 3.05) is 17.3 Å². The minimum absolute atomic E-state index is 0.194. The van der Waals surface area contributed by atoms with Gasteiger partial charge in [0.15, 0.2) is 0 Å². The second kappa shape index (κ2) is 8.11. The molecule has 0 aliphatic heterocycles. The van der Waals surface area contributed by atoms with Crippen molar-refractivity contribution in [1.29, 1.82) is 5.41 Å². The van der Waals surface area contributed by atoms with Crippen LogP contribution in [0.25, 0.3) is 20.5 Å². The number of nitrogens with two attached hydrogens (primary N) is 1. The van der Waals surface area contributed by atoms with Crippen molar-refractivity contribution in [1.82, 2.24) is 0 Å². The van der Waals surface area contributed by atoms with E-state index in [-0.39, 0.29) is 5.91 Å². The summed E-state index contributed by atoms with van der Waals surface area (Å²) < 4.78 is 1.17. The lowest BCUT2D eigenvalue weighted by atomic mass is 10.0. The molecule has 6 heteroatoms. The molecule has 3 aromatic carbocycles. The molecule has 0 saturated carbocycles. The number of fused-ring (bicyclic) bond motifs is 1. The van der Waals surface area contributed by atoms with Crippen LogP contribution in [0.3, 0.4) is 0 Å². The number of nitrogen functional groups attached to an aromatic ring is 1. The number of carbonyl (C=O) groups is 1. The summed E-state index contributed by atoms with van der Waals surface area (Å²) in [6.45, 7) is 0. The van der Waals surface area contributed by atoms with Gasteiger partial charge in [-0.05, 0) is 60.2 Å². The fourth-order valence-electron chi connectivity index (χ4n) is 3.13. The lowest BCUT2D eigenvalue weighted by molar-refractivity contribution is 0.102. The Kier molecular flexibility index (Phi) is 5.38. The minimum atomic E-state index is -0.194. The normalized spacial score (nSPS) is 10.8. The summed E-state index contributed by atoms with van der Waals surface area (Å²) in [4.78, 5) is 14.8. The lowest BCUT2D eigenvalue weighted by Crippen LogP contribution is -2.12. The largest absolute Gasteiger partial charge is 0.398 e. The van der Waals surface area contributed by atoms with Gasteiger partial charge in [-0.25, -0.2) is 0 Å². The number of anilines is 2. The number of benzene rings is 3. The van der Waals surface area contributed by atoms with Crippen LogP contribution >= 0.6 is 23.1 Å². The molecule has 1 aromatic heterocycles. The van der Waals surface area contributed by atoms with Crippen molar-refractivity contribution < 1.29 is 4.79 Å². The number of carbonyl (C=O) groups excluding carboxylic acids is 1. The topological polar surface area (TPSA) is 79.0 Å². The van der Waals surface area contributed by atoms with E-state index in [4.69, 9.17) is 11.1 Å². The Balaban J connectivity index is 1.71. The molecule has 4 N–H and O–H groups in total. The van der Waals surface area contributed by atoms with Crippen LogP contribution in [0.4, 0.5) is 11.4 Å². The molecule has 0 fully saturated rings. The molecule has 0 atom stereocenters. The maximum absolute atomic E-state index is 12.7. The Morgan fingerprint density at radius 1 is 1.10 bits per heavy atom. The van der Waals surface area contributed by atoms with Gasteiger partial charge in [0.2, 0.25) is 0 Å². The van der Waals surface area contributed by atoms with Gasteiger partial charge >= 0.3 is 0 Å². The second-order valence-corrected chi connectivity index (χ2v) is 8.47. The average molecular weight is 418 g/mol. The Labute approximate surface area is 177 Å². The van der Waals surface area contributed by atoms with Crippen molar-refractivity contribution in [3.63, 3.8) is 0 Å². The van der Waals surface area contributed by atoms with Crippen LogP contribution < -0.4 is 11.1 Å². The Morgan fingerprint density at radius 3 is 2.55 bits per heavy atom. The summed E-state index contributed by atoms with van der Waals surface area (Å²) in [6.07, 6.45) is 3.22. The molecule has 4 nitrogen and oxygen atoms in total. The van der Waals surface area contributed by atoms with Crippen LogP contribution in [-0.4, -0.2) is 18.4 Å². The Hall–Kier alpha value is -3.09. The van der Waals surface area contributed by atoms with Crippen molar-refractivity contribution in [3.05, 3.63) is 77.9 Å². The number of hydrogen-bond donors (Lipinski definition) is 3. The highest BCUT2D eigenvalue weighted by Gasteiger charge is 2.14. The third kappa shape index (κ3) is 3.90. The average Bonchev–Trinajstić information content (AvgIpc) is 3.18. The first-order chi connectivity index (χ1) is 14.1. The van der Waals surface area contributed by atoms with Gasteiger partial charge in [-0.1, -0.05) is 18.2 Å². The first kappa shape index (κ1) is 19.2. The molecule has 0 aliphatic rings. The highest BCUT2D eigenvalue weighted by Crippen LogP contribution is 2.39. The summed E-state index contributed by atoms with van der Waals surface area (Å²) >= 11 is 3.27. The molecule has 0 saturated heterocycles. The first-order valence-electron chi connectivity index (χ1n) is 8.97. The highest BCUT2D eigenvalue weighted by atomic mass is 32.2. The quantitative estimate of drug-likeness (QED) is 0.208. The van der Waals surface area contributed by atoms with Gasteiger partial charge in [-0.3, -0.25) is 4.79 Å². The zero-order valence-corrected chi connectivity index (χ0v) is 17.4. The highest BCUT2D eigenvalue weighted by molar-refractivity contribution is 7.98. The molecule has 4 rings (SSSR count). The first-order valence-corrected chi connectivity index (χ1v) is 11.0. The fraction of sp³-hybridized carbons (Fsp3) is 0.0435. The van der Waals surface area contributed by atoms with Gasteiger partial charge in [0.25, 0.3) is 5.91 Å². The molecule has 29 heavy (non-hydrogen) atoms. The summed E-state index contributed by atoms with van der Waals surface area (Å²) in [5, 5.41) is 11.8. The van der Waals surface area contributed by atoms with Crippen molar-refractivity contribution in [2.45, 2.75) is 4.90 Å². The maximum atomic E-state index is 12.7. The van der Waals surface area contributed by atoms with Crippen LogP contribution in [0, 0.1) is 5.41 Å².